The molecule has 2 atom stereocenters. The standard InChI is InChI=1S/C20H23Cl2N3O/c21-16-6-7-18(22)19(10-16)24-20(26)8-9-25-12-15(11-23)17(13-25)14-4-2-1-3-5-14/h1-7,10,15,17H,8-9,11-13,23H2,(H,24,26)/t15-,17+/m1/s1. The highest BCUT2D eigenvalue weighted by Crippen LogP contribution is 2.32. The number of nitrogens with two attached hydrogens (primary N) is 1. The molecule has 0 saturated carbocycles. The number of halogens is 2. The van der Waals surface area contributed by atoms with Crippen LogP contribution in [0.4, 0.5) is 5.69 Å². The van der Waals surface area contributed by atoms with Gasteiger partial charge in [-0.3, -0.25) is 4.79 Å². The summed E-state index contributed by atoms with van der Waals surface area (Å²) in [6.07, 6.45) is 0.404. The summed E-state index contributed by atoms with van der Waals surface area (Å²) in [5.41, 5.74) is 7.85. The maximum absolute atomic E-state index is 12.3. The minimum absolute atomic E-state index is 0.0679. The number of hydrogen-bond donors (Lipinski definition) is 2. The zero-order valence-electron chi connectivity index (χ0n) is 14.5. The van der Waals surface area contributed by atoms with E-state index < -0.39 is 0 Å². The third-order valence-corrected chi connectivity index (χ3v) is 5.47. The summed E-state index contributed by atoms with van der Waals surface area (Å²) in [4.78, 5) is 14.6. The summed E-state index contributed by atoms with van der Waals surface area (Å²) >= 11 is 12.1. The Morgan fingerprint density at radius 3 is 2.65 bits per heavy atom. The van der Waals surface area contributed by atoms with Crippen LogP contribution in [0.25, 0.3) is 0 Å². The van der Waals surface area contributed by atoms with E-state index in [1.807, 2.05) is 6.07 Å². The largest absolute Gasteiger partial charge is 0.330 e. The zero-order valence-corrected chi connectivity index (χ0v) is 16.0. The normalized spacial score (nSPS) is 20.3. The van der Waals surface area contributed by atoms with Crippen LogP contribution in [0.15, 0.2) is 48.5 Å². The van der Waals surface area contributed by atoms with Gasteiger partial charge in [0.2, 0.25) is 5.91 Å². The fraction of sp³-hybridized carbons (Fsp3) is 0.350. The molecule has 1 aliphatic rings. The topological polar surface area (TPSA) is 58.4 Å². The number of rotatable bonds is 6. The predicted molar refractivity (Wildman–Crippen MR) is 108 cm³/mol. The van der Waals surface area contributed by atoms with Gasteiger partial charge in [-0.1, -0.05) is 53.5 Å². The van der Waals surface area contributed by atoms with E-state index in [-0.39, 0.29) is 5.91 Å². The Morgan fingerprint density at radius 2 is 1.92 bits per heavy atom. The summed E-state index contributed by atoms with van der Waals surface area (Å²) < 4.78 is 0. The van der Waals surface area contributed by atoms with E-state index in [0.717, 1.165) is 13.1 Å². The van der Waals surface area contributed by atoms with Crippen molar-refractivity contribution in [3.8, 4) is 0 Å². The molecule has 0 bridgehead atoms. The first-order chi connectivity index (χ1) is 12.6. The van der Waals surface area contributed by atoms with Crippen LogP contribution >= 0.6 is 23.2 Å². The quantitative estimate of drug-likeness (QED) is 0.782. The molecule has 0 aliphatic carbocycles. The first kappa shape index (κ1) is 19.2. The van der Waals surface area contributed by atoms with E-state index >= 15 is 0 Å². The van der Waals surface area contributed by atoms with Crippen molar-refractivity contribution in [2.24, 2.45) is 11.7 Å². The molecule has 3 N–H and O–H groups in total. The van der Waals surface area contributed by atoms with Gasteiger partial charge in [-0.25, -0.2) is 0 Å². The molecule has 2 aromatic carbocycles. The molecule has 1 amide bonds. The lowest BCUT2D eigenvalue weighted by Gasteiger charge is -2.17. The van der Waals surface area contributed by atoms with Gasteiger partial charge in [0.05, 0.1) is 10.7 Å². The second-order valence-corrected chi connectivity index (χ2v) is 7.54. The number of hydrogen-bond acceptors (Lipinski definition) is 3. The fourth-order valence-corrected chi connectivity index (χ4v) is 3.86. The molecule has 0 aromatic heterocycles. The molecule has 1 fully saturated rings. The number of amides is 1. The Balaban J connectivity index is 1.55. The van der Waals surface area contributed by atoms with Crippen LogP contribution in [-0.2, 0) is 4.79 Å². The second-order valence-electron chi connectivity index (χ2n) is 6.69. The highest BCUT2D eigenvalue weighted by molar-refractivity contribution is 6.35. The number of nitrogens with zero attached hydrogens (tertiary/aromatic N) is 1. The van der Waals surface area contributed by atoms with Crippen LogP contribution in [0.5, 0.6) is 0 Å². The highest BCUT2D eigenvalue weighted by Gasteiger charge is 2.32. The molecule has 1 heterocycles. The van der Waals surface area contributed by atoms with Crippen LogP contribution in [0, 0.1) is 5.92 Å². The fourth-order valence-electron chi connectivity index (χ4n) is 3.53. The number of carbonyl (C=O) groups excluding carboxylic acids is 1. The number of likely N-dealkylation sites (tertiary alicyclic amines) is 1. The summed E-state index contributed by atoms with van der Waals surface area (Å²) in [7, 11) is 0. The van der Waals surface area contributed by atoms with E-state index in [2.05, 4.69) is 34.5 Å². The molecule has 0 radical (unpaired) electrons. The molecule has 2 aromatic rings. The third kappa shape index (κ3) is 4.77. The SMILES string of the molecule is NC[C@@H]1CN(CCC(=O)Nc2cc(Cl)ccc2Cl)C[C@H]1c1ccccc1. The van der Waals surface area contributed by atoms with Gasteiger partial charge in [-0.05, 0) is 36.2 Å². The van der Waals surface area contributed by atoms with Crippen molar-refractivity contribution in [1.82, 2.24) is 4.90 Å². The second kappa shape index (κ2) is 8.87. The van der Waals surface area contributed by atoms with Crippen molar-refractivity contribution in [1.29, 1.82) is 0 Å². The first-order valence-corrected chi connectivity index (χ1v) is 9.54. The minimum atomic E-state index is -0.0679. The van der Waals surface area contributed by atoms with Crippen molar-refractivity contribution in [3.63, 3.8) is 0 Å². The van der Waals surface area contributed by atoms with Gasteiger partial charge in [-0.2, -0.15) is 0 Å². The van der Waals surface area contributed by atoms with Gasteiger partial charge in [0.15, 0.2) is 0 Å². The summed E-state index contributed by atoms with van der Waals surface area (Å²) in [5, 5.41) is 3.86. The Morgan fingerprint density at radius 1 is 1.15 bits per heavy atom. The van der Waals surface area contributed by atoms with Gasteiger partial charge in [0.25, 0.3) is 0 Å². The van der Waals surface area contributed by atoms with Gasteiger partial charge in [0.1, 0.15) is 0 Å². The smallest absolute Gasteiger partial charge is 0.225 e. The van der Waals surface area contributed by atoms with Crippen molar-refractivity contribution < 1.29 is 4.79 Å². The van der Waals surface area contributed by atoms with Gasteiger partial charge < -0.3 is 16.0 Å². The lowest BCUT2D eigenvalue weighted by molar-refractivity contribution is -0.116. The number of nitrogens with one attached hydrogen (secondary N) is 1. The van der Waals surface area contributed by atoms with Crippen molar-refractivity contribution in [3.05, 3.63) is 64.1 Å². The maximum Gasteiger partial charge on any atom is 0.225 e. The van der Waals surface area contributed by atoms with E-state index in [4.69, 9.17) is 28.9 Å². The van der Waals surface area contributed by atoms with Gasteiger partial charge in [0, 0.05) is 37.0 Å². The molecule has 3 rings (SSSR count). The van der Waals surface area contributed by atoms with E-state index in [9.17, 15) is 4.79 Å². The third-order valence-electron chi connectivity index (χ3n) is 4.90. The van der Waals surface area contributed by atoms with Gasteiger partial charge >= 0.3 is 0 Å². The average Bonchev–Trinajstić information content (AvgIpc) is 3.07. The summed E-state index contributed by atoms with van der Waals surface area (Å²) in [6, 6.07) is 15.5. The molecule has 26 heavy (non-hydrogen) atoms. The van der Waals surface area contributed by atoms with Crippen LogP contribution in [0.2, 0.25) is 10.0 Å². The van der Waals surface area contributed by atoms with Crippen LogP contribution in [-0.4, -0.2) is 37.0 Å². The molecule has 6 heteroatoms. The molecule has 4 nitrogen and oxygen atoms in total. The Labute approximate surface area is 164 Å². The zero-order chi connectivity index (χ0) is 18.5. The van der Waals surface area contributed by atoms with E-state index in [1.54, 1.807) is 18.2 Å². The van der Waals surface area contributed by atoms with E-state index in [1.165, 1.54) is 5.56 Å². The minimum Gasteiger partial charge on any atom is -0.330 e. The highest BCUT2D eigenvalue weighted by atomic mass is 35.5. The Kier molecular flexibility index (Phi) is 6.54. The Hall–Kier alpha value is -1.59. The van der Waals surface area contributed by atoms with Gasteiger partial charge in [-0.15, -0.1) is 0 Å². The molecule has 1 saturated heterocycles. The first-order valence-electron chi connectivity index (χ1n) is 8.79. The number of benzene rings is 2. The van der Waals surface area contributed by atoms with Crippen LogP contribution < -0.4 is 11.1 Å². The lowest BCUT2D eigenvalue weighted by Crippen LogP contribution is -2.27. The lowest BCUT2D eigenvalue weighted by atomic mass is 9.89. The predicted octanol–water partition coefficient (Wildman–Crippen LogP) is 4.00. The molecular formula is C20H23Cl2N3O. The maximum atomic E-state index is 12.3. The monoisotopic (exact) mass is 391 g/mol. The summed E-state index contributed by atoms with van der Waals surface area (Å²) in [5.74, 6) is 0.774. The van der Waals surface area contributed by atoms with Crippen LogP contribution in [0.1, 0.15) is 17.9 Å². The van der Waals surface area contributed by atoms with Crippen molar-refractivity contribution in [2.45, 2.75) is 12.3 Å². The van der Waals surface area contributed by atoms with E-state index in [0.29, 0.717) is 47.1 Å². The molecule has 0 spiro atoms. The van der Waals surface area contributed by atoms with Crippen molar-refractivity contribution in [2.75, 3.05) is 31.5 Å². The van der Waals surface area contributed by atoms with Crippen LogP contribution in [0.3, 0.4) is 0 Å². The number of carbonyl (C=O) groups is 1. The Bertz CT molecular complexity index is 754. The molecular weight excluding hydrogens is 369 g/mol. The molecule has 138 valence electrons. The van der Waals surface area contributed by atoms with Crippen molar-refractivity contribution >= 4 is 34.8 Å². The number of anilines is 1. The summed E-state index contributed by atoms with van der Waals surface area (Å²) in [6.45, 7) is 3.20. The molecule has 1 aliphatic heterocycles. The molecule has 0 unspecified atom stereocenters. The average molecular weight is 392 g/mol.